The minimum absolute atomic E-state index is 0.000185. The zero-order valence-electron chi connectivity index (χ0n) is 8.76. The van der Waals surface area contributed by atoms with Gasteiger partial charge in [-0.15, -0.1) is 0 Å². The number of esters is 1. The molecular weight excluding hydrogens is 234 g/mol. The number of hydrogen-bond acceptors (Lipinski definition) is 5. The Balaban J connectivity index is 2.41. The van der Waals surface area contributed by atoms with Gasteiger partial charge in [0.1, 0.15) is 0 Å². The zero-order chi connectivity index (χ0) is 12.0. The summed E-state index contributed by atoms with van der Waals surface area (Å²) in [7, 11) is -3.60. The van der Waals surface area contributed by atoms with Crippen molar-refractivity contribution in [3.8, 4) is 0 Å². The van der Waals surface area contributed by atoms with Crippen LogP contribution in [0, 0.1) is 0 Å². The minimum atomic E-state index is -3.60. The number of ether oxygens (including phenoxy) is 1. The summed E-state index contributed by atoms with van der Waals surface area (Å²) in [5.41, 5.74) is 0. The van der Waals surface area contributed by atoms with Gasteiger partial charge in [0.25, 0.3) is 10.0 Å². The zero-order valence-corrected chi connectivity index (χ0v) is 9.58. The lowest BCUT2D eigenvalue weighted by Crippen LogP contribution is -2.27. The Hall–Kier alpha value is -1.41. The van der Waals surface area contributed by atoms with E-state index in [9.17, 15) is 13.2 Å². The lowest BCUT2D eigenvalue weighted by Gasteiger charge is -2.04. The van der Waals surface area contributed by atoms with Gasteiger partial charge in [0, 0.05) is 6.54 Å². The van der Waals surface area contributed by atoms with Gasteiger partial charge < -0.3 is 4.74 Å². The van der Waals surface area contributed by atoms with Crippen LogP contribution < -0.4 is 4.72 Å². The van der Waals surface area contributed by atoms with Crippen LogP contribution in [0.1, 0.15) is 13.3 Å². The summed E-state index contributed by atoms with van der Waals surface area (Å²) in [6.45, 7) is 1.97. The van der Waals surface area contributed by atoms with E-state index in [1.807, 2.05) is 0 Å². The van der Waals surface area contributed by atoms with Crippen molar-refractivity contribution in [3.05, 3.63) is 12.3 Å². The van der Waals surface area contributed by atoms with Crippen LogP contribution in [-0.2, 0) is 19.6 Å². The topological polar surface area (TPSA) is 101 Å². The molecule has 8 heteroatoms. The van der Waals surface area contributed by atoms with Crippen molar-refractivity contribution < 1.29 is 17.9 Å². The summed E-state index contributed by atoms with van der Waals surface area (Å²) < 4.78 is 29.9. The van der Waals surface area contributed by atoms with Crippen molar-refractivity contribution in [2.75, 3.05) is 13.2 Å². The summed E-state index contributed by atoms with van der Waals surface area (Å²) in [4.78, 5) is 10.9. The van der Waals surface area contributed by atoms with Gasteiger partial charge in [-0.2, -0.15) is 5.10 Å². The number of hydrogen-bond donors (Lipinski definition) is 2. The molecule has 16 heavy (non-hydrogen) atoms. The first-order chi connectivity index (χ1) is 7.56. The standard InChI is InChI=1S/C8H13N3O4S/c1-2-15-8(12)4-6-10-16(13,14)7-3-5-9-11-7/h3,5,10H,2,4,6H2,1H3,(H,9,11). The van der Waals surface area contributed by atoms with E-state index in [1.54, 1.807) is 6.92 Å². The van der Waals surface area contributed by atoms with Crippen LogP contribution in [0.25, 0.3) is 0 Å². The molecule has 0 aliphatic carbocycles. The largest absolute Gasteiger partial charge is 0.466 e. The van der Waals surface area contributed by atoms with E-state index in [1.165, 1.54) is 12.3 Å². The number of H-pyrrole nitrogens is 1. The van der Waals surface area contributed by atoms with Crippen molar-refractivity contribution >= 4 is 16.0 Å². The molecule has 0 saturated heterocycles. The predicted octanol–water partition coefficient (Wildman–Crippen LogP) is -0.359. The van der Waals surface area contributed by atoms with Crippen molar-refractivity contribution in [1.29, 1.82) is 0 Å². The molecule has 1 heterocycles. The molecular formula is C8H13N3O4S. The average molecular weight is 247 g/mol. The molecule has 0 unspecified atom stereocenters. The number of rotatable bonds is 6. The summed E-state index contributed by atoms with van der Waals surface area (Å²) >= 11 is 0. The van der Waals surface area contributed by atoms with E-state index in [4.69, 9.17) is 0 Å². The molecule has 0 spiro atoms. The molecule has 0 amide bonds. The fourth-order valence-corrected chi connectivity index (χ4v) is 1.93. The second-order valence-electron chi connectivity index (χ2n) is 2.87. The van der Waals surface area contributed by atoms with Crippen LogP contribution in [0.3, 0.4) is 0 Å². The number of aromatic nitrogens is 2. The Labute approximate surface area is 93.2 Å². The Morgan fingerprint density at radius 3 is 2.94 bits per heavy atom. The van der Waals surface area contributed by atoms with Crippen LogP contribution in [0.4, 0.5) is 0 Å². The molecule has 1 aromatic rings. The number of carbonyl (C=O) groups is 1. The summed E-state index contributed by atoms with van der Waals surface area (Å²) in [5, 5.41) is 5.82. The third kappa shape index (κ3) is 3.63. The monoisotopic (exact) mass is 247 g/mol. The summed E-state index contributed by atoms with van der Waals surface area (Å²) in [6, 6.07) is 1.33. The maximum Gasteiger partial charge on any atom is 0.307 e. The molecule has 90 valence electrons. The van der Waals surface area contributed by atoms with Crippen LogP contribution >= 0.6 is 0 Å². The molecule has 0 radical (unpaired) electrons. The quantitative estimate of drug-likeness (QED) is 0.668. The molecule has 0 saturated carbocycles. The van der Waals surface area contributed by atoms with E-state index < -0.39 is 16.0 Å². The Morgan fingerprint density at radius 2 is 2.38 bits per heavy atom. The fourth-order valence-electron chi connectivity index (χ4n) is 0.991. The second-order valence-corrected chi connectivity index (χ2v) is 4.61. The highest BCUT2D eigenvalue weighted by Crippen LogP contribution is 2.01. The van der Waals surface area contributed by atoms with Crippen molar-refractivity contribution in [1.82, 2.24) is 14.9 Å². The van der Waals surface area contributed by atoms with Crippen molar-refractivity contribution in [2.24, 2.45) is 0 Å². The van der Waals surface area contributed by atoms with E-state index in [0.29, 0.717) is 0 Å². The first-order valence-electron chi connectivity index (χ1n) is 4.71. The Morgan fingerprint density at radius 1 is 1.62 bits per heavy atom. The molecule has 2 N–H and O–H groups in total. The second kappa shape index (κ2) is 5.61. The average Bonchev–Trinajstić information content (AvgIpc) is 2.71. The minimum Gasteiger partial charge on any atom is -0.466 e. The van der Waals surface area contributed by atoms with Gasteiger partial charge in [-0.05, 0) is 13.0 Å². The molecule has 1 aromatic heterocycles. The molecule has 0 bridgehead atoms. The maximum absolute atomic E-state index is 11.5. The Bertz CT molecular complexity index is 426. The van der Waals surface area contributed by atoms with Crippen LogP contribution in [0.2, 0.25) is 0 Å². The van der Waals surface area contributed by atoms with Gasteiger partial charge in [0.05, 0.1) is 19.2 Å². The highest BCUT2D eigenvalue weighted by molar-refractivity contribution is 7.89. The first kappa shape index (κ1) is 12.7. The molecule has 0 aliphatic heterocycles. The third-order valence-corrected chi connectivity index (χ3v) is 3.08. The normalized spacial score (nSPS) is 11.3. The number of carbonyl (C=O) groups excluding carboxylic acids is 1. The summed E-state index contributed by atoms with van der Waals surface area (Å²) in [6.07, 6.45) is 1.33. The van der Waals surface area contributed by atoms with Crippen LogP contribution in [0.5, 0.6) is 0 Å². The number of aromatic amines is 1. The number of nitrogens with one attached hydrogen (secondary N) is 2. The Kier molecular flexibility index (Phi) is 4.44. The molecule has 0 fully saturated rings. The number of sulfonamides is 1. The van der Waals surface area contributed by atoms with Crippen molar-refractivity contribution in [3.63, 3.8) is 0 Å². The summed E-state index contributed by atoms with van der Waals surface area (Å²) in [5.74, 6) is -0.435. The smallest absolute Gasteiger partial charge is 0.307 e. The SMILES string of the molecule is CCOC(=O)CCNS(=O)(=O)c1ccn[nH]1. The van der Waals surface area contributed by atoms with Gasteiger partial charge >= 0.3 is 5.97 Å². The fraction of sp³-hybridized carbons (Fsp3) is 0.500. The van der Waals surface area contributed by atoms with E-state index in [2.05, 4.69) is 19.7 Å². The molecule has 1 rings (SSSR count). The maximum atomic E-state index is 11.5. The molecule has 0 aliphatic rings. The number of nitrogens with zero attached hydrogens (tertiary/aromatic N) is 1. The lowest BCUT2D eigenvalue weighted by molar-refractivity contribution is -0.142. The highest BCUT2D eigenvalue weighted by atomic mass is 32.2. The van der Waals surface area contributed by atoms with E-state index in [0.717, 1.165) is 0 Å². The van der Waals surface area contributed by atoms with Crippen molar-refractivity contribution in [2.45, 2.75) is 18.4 Å². The molecule has 0 atom stereocenters. The lowest BCUT2D eigenvalue weighted by atomic mass is 10.4. The highest BCUT2D eigenvalue weighted by Gasteiger charge is 2.15. The van der Waals surface area contributed by atoms with Gasteiger partial charge in [-0.25, -0.2) is 13.1 Å². The van der Waals surface area contributed by atoms with Gasteiger partial charge in [0.2, 0.25) is 0 Å². The first-order valence-corrected chi connectivity index (χ1v) is 6.19. The molecule has 0 aromatic carbocycles. The van der Waals surface area contributed by atoms with Gasteiger partial charge in [0.15, 0.2) is 5.03 Å². The van der Waals surface area contributed by atoms with E-state index in [-0.39, 0.29) is 24.6 Å². The van der Waals surface area contributed by atoms with Gasteiger partial charge in [-0.3, -0.25) is 9.89 Å². The van der Waals surface area contributed by atoms with Crippen LogP contribution in [0.15, 0.2) is 17.3 Å². The predicted molar refractivity (Wildman–Crippen MR) is 55.0 cm³/mol. The van der Waals surface area contributed by atoms with Crippen LogP contribution in [-0.4, -0.2) is 37.7 Å². The van der Waals surface area contributed by atoms with Gasteiger partial charge in [-0.1, -0.05) is 0 Å². The molecule has 7 nitrogen and oxygen atoms in total. The van der Waals surface area contributed by atoms with E-state index >= 15 is 0 Å². The third-order valence-electron chi connectivity index (χ3n) is 1.69.